The standard InChI is InChI=1S/C29H27N5O.C26H19N5O/c1-19(2)27(35)21-15-22(17-30-16-21)28-33-25-13-8-12-24(20-9-4-3-5-10-20)26(25)29(34-28)32-18-23-11-6-7-14-31-23;32-17-18-13-20(15-27-14-18)25-30-23-11-6-10-22(19-7-2-1-3-8-19)24(23)26(31-25)29-16-21-9-4-5-12-28-21/h3-17,19,27,35H,18H2,1-2H3,(H,32,33,34);1-15,17H,16H2,(H,29,30,31). The minimum atomic E-state index is -0.602. The lowest BCUT2D eigenvalue weighted by atomic mass is 9.99. The Morgan fingerprint density at radius 3 is 1.49 bits per heavy atom. The first-order chi connectivity index (χ1) is 32.9. The lowest BCUT2D eigenvalue weighted by molar-refractivity contribution is 0.112. The van der Waals surface area contributed by atoms with Crippen molar-refractivity contribution in [1.29, 1.82) is 0 Å². The van der Waals surface area contributed by atoms with Crippen molar-refractivity contribution in [2.45, 2.75) is 33.0 Å². The number of nitrogens with one attached hydrogen (secondary N) is 2. The van der Waals surface area contributed by atoms with Crippen LogP contribution in [-0.2, 0) is 13.1 Å². The summed E-state index contributed by atoms with van der Waals surface area (Å²) in [4.78, 5) is 48.1. The molecule has 0 saturated heterocycles. The summed E-state index contributed by atoms with van der Waals surface area (Å²) in [7, 11) is 0. The Morgan fingerprint density at radius 1 is 0.522 bits per heavy atom. The van der Waals surface area contributed by atoms with Crippen molar-refractivity contribution in [1.82, 2.24) is 39.9 Å². The third kappa shape index (κ3) is 10.2. The van der Waals surface area contributed by atoms with E-state index in [9.17, 15) is 9.90 Å². The van der Waals surface area contributed by atoms with Crippen LogP contribution < -0.4 is 10.6 Å². The second-order valence-corrected chi connectivity index (χ2v) is 16.1. The highest BCUT2D eigenvalue weighted by molar-refractivity contribution is 6.03. The fourth-order valence-electron chi connectivity index (χ4n) is 7.72. The molecule has 0 aliphatic heterocycles. The maximum absolute atomic E-state index is 11.2. The number of fused-ring (bicyclic) bond motifs is 2. The van der Waals surface area contributed by atoms with Crippen molar-refractivity contribution in [3.05, 3.63) is 205 Å². The normalized spacial score (nSPS) is 11.5. The summed E-state index contributed by atoms with van der Waals surface area (Å²) < 4.78 is 0. The molecule has 0 radical (unpaired) electrons. The number of pyridine rings is 4. The molecule has 10 aromatic rings. The van der Waals surface area contributed by atoms with Crippen LogP contribution in [0.4, 0.5) is 11.6 Å². The molecule has 1 unspecified atom stereocenters. The lowest BCUT2D eigenvalue weighted by Crippen LogP contribution is -2.07. The second kappa shape index (κ2) is 20.5. The summed E-state index contributed by atoms with van der Waals surface area (Å²) in [5.74, 6) is 2.56. The number of rotatable bonds is 13. The molecule has 12 heteroatoms. The third-order valence-electron chi connectivity index (χ3n) is 11.1. The maximum Gasteiger partial charge on any atom is 0.163 e. The van der Waals surface area contributed by atoms with E-state index in [2.05, 4.69) is 67.0 Å². The van der Waals surface area contributed by atoms with E-state index in [-0.39, 0.29) is 5.92 Å². The molecule has 3 N–H and O–H groups in total. The second-order valence-electron chi connectivity index (χ2n) is 16.1. The van der Waals surface area contributed by atoms with Crippen LogP contribution in [0.1, 0.15) is 47.3 Å². The lowest BCUT2D eigenvalue weighted by Gasteiger charge is -2.16. The average Bonchev–Trinajstić information content (AvgIpc) is 3.40. The van der Waals surface area contributed by atoms with Crippen LogP contribution >= 0.6 is 0 Å². The quantitative estimate of drug-likeness (QED) is 0.0940. The number of aromatic nitrogens is 8. The van der Waals surface area contributed by atoms with Gasteiger partial charge in [-0.3, -0.25) is 24.7 Å². The number of hydrogen-bond acceptors (Lipinski definition) is 12. The van der Waals surface area contributed by atoms with Gasteiger partial charge >= 0.3 is 0 Å². The van der Waals surface area contributed by atoms with Gasteiger partial charge in [-0.05, 0) is 82.3 Å². The van der Waals surface area contributed by atoms with E-state index in [1.165, 1.54) is 6.20 Å². The number of hydrogen-bond donors (Lipinski definition) is 3. The number of nitrogens with zero attached hydrogens (tertiary/aromatic N) is 8. The molecule has 0 amide bonds. The highest BCUT2D eigenvalue weighted by Gasteiger charge is 2.18. The summed E-state index contributed by atoms with van der Waals surface area (Å²) in [5.41, 5.74) is 10.4. The molecule has 0 saturated carbocycles. The van der Waals surface area contributed by atoms with Crippen molar-refractivity contribution in [2.75, 3.05) is 10.6 Å². The molecule has 6 aromatic heterocycles. The summed E-state index contributed by atoms with van der Waals surface area (Å²) in [6, 6.07) is 47.9. The number of aliphatic hydroxyl groups is 1. The van der Waals surface area contributed by atoms with Gasteiger partial charge in [0.1, 0.15) is 11.6 Å². The predicted octanol–water partition coefficient (Wildman–Crippen LogP) is 11.2. The summed E-state index contributed by atoms with van der Waals surface area (Å²) in [6.45, 7) is 5.01. The van der Waals surface area contributed by atoms with Gasteiger partial charge in [0.2, 0.25) is 0 Å². The van der Waals surface area contributed by atoms with Gasteiger partial charge in [0.15, 0.2) is 17.9 Å². The number of carbonyl (C=O) groups is 1. The Morgan fingerprint density at radius 2 is 1.01 bits per heavy atom. The molecule has 328 valence electrons. The molecule has 0 spiro atoms. The number of aliphatic hydroxyl groups excluding tert-OH is 1. The Labute approximate surface area is 388 Å². The van der Waals surface area contributed by atoms with E-state index in [0.717, 1.165) is 78.7 Å². The largest absolute Gasteiger partial charge is 0.388 e. The number of anilines is 2. The van der Waals surface area contributed by atoms with Crippen LogP contribution in [0.3, 0.4) is 0 Å². The molecule has 0 aliphatic carbocycles. The number of aldehydes is 1. The van der Waals surface area contributed by atoms with Crippen LogP contribution in [0.15, 0.2) is 183 Å². The molecule has 12 nitrogen and oxygen atoms in total. The fraction of sp³-hybridized carbons (Fsp3) is 0.109. The zero-order valence-electron chi connectivity index (χ0n) is 36.9. The van der Waals surface area contributed by atoms with Crippen LogP contribution in [0.2, 0.25) is 0 Å². The minimum absolute atomic E-state index is 0.0774. The molecular weight excluding hydrogens is 833 g/mol. The molecule has 0 aliphatic rings. The van der Waals surface area contributed by atoms with Crippen LogP contribution in [0.5, 0.6) is 0 Å². The topological polar surface area (TPSA) is 164 Å². The average molecular weight is 879 g/mol. The Hall–Kier alpha value is -8.61. The van der Waals surface area contributed by atoms with Gasteiger partial charge in [-0.15, -0.1) is 0 Å². The highest BCUT2D eigenvalue weighted by Crippen LogP contribution is 2.36. The molecule has 0 fully saturated rings. The van der Waals surface area contributed by atoms with Crippen molar-refractivity contribution >= 4 is 39.7 Å². The zero-order valence-corrected chi connectivity index (χ0v) is 36.9. The molecule has 67 heavy (non-hydrogen) atoms. The molecule has 4 aromatic carbocycles. The molecule has 0 bridgehead atoms. The van der Waals surface area contributed by atoms with Crippen molar-refractivity contribution < 1.29 is 9.90 Å². The van der Waals surface area contributed by atoms with E-state index < -0.39 is 6.10 Å². The third-order valence-corrected chi connectivity index (χ3v) is 11.1. The van der Waals surface area contributed by atoms with Crippen LogP contribution in [0, 0.1) is 5.92 Å². The van der Waals surface area contributed by atoms with E-state index >= 15 is 0 Å². The Bertz CT molecular complexity index is 3270. The Kier molecular flexibility index (Phi) is 13.3. The van der Waals surface area contributed by atoms with Crippen molar-refractivity contribution in [2.24, 2.45) is 5.92 Å². The van der Waals surface area contributed by atoms with E-state index in [4.69, 9.17) is 19.9 Å². The number of carbonyl (C=O) groups excluding carboxylic acids is 1. The molecule has 6 heterocycles. The highest BCUT2D eigenvalue weighted by atomic mass is 16.3. The first-order valence-electron chi connectivity index (χ1n) is 22.0. The molecular formula is C55H46N10O2. The fourth-order valence-corrected chi connectivity index (χ4v) is 7.72. The van der Waals surface area contributed by atoms with Gasteiger partial charge in [-0.25, -0.2) is 19.9 Å². The van der Waals surface area contributed by atoms with Crippen molar-refractivity contribution in [3.8, 4) is 45.0 Å². The van der Waals surface area contributed by atoms with Gasteiger partial charge in [0.25, 0.3) is 0 Å². The molecule has 1 atom stereocenters. The Balaban J connectivity index is 0.000000169. The smallest absolute Gasteiger partial charge is 0.163 e. The van der Waals surface area contributed by atoms with Gasteiger partial charge in [-0.1, -0.05) is 111 Å². The van der Waals surface area contributed by atoms with E-state index in [0.29, 0.717) is 41.7 Å². The van der Waals surface area contributed by atoms with Crippen LogP contribution in [-0.4, -0.2) is 51.3 Å². The minimum Gasteiger partial charge on any atom is -0.388 e. The van der Waals surface area contributed by atoms with Gasteiger partial charge in [0, 0.05) is 53.9 Å². The first-order valence-corrected chi connectivity index (χ1v) is 22.0. The monoisotopic (exact) mass is 878 g/mol. The summed E-state index contributed by atoms with van der Waals surface area (Å²) in [5, 5.41) is 19.4. The van der Waals surface area contributed by atoms with Crippen LogP contribution in [0.25, 0.3) is 66.8 Å². The maximum atomic E-state index is 11.2. The van der Waals surface area contributed by atoms with Gasteiger partial charge in [-0.2, -0.15) is 0 Å². The summed E-state index contributed by atoms with van der Waals surface area (Å²) in [6.07, 6.45) is 10.3. The van der Waals surface area contributed by atoms with E-state index in [1.807, 2.05) is 117 Å². The molecule has 10 rings (SSSR count). The van der Waals surface area contributed by atoms with Gasteiger partial charge in [0.05, 0.1) is 52.4 Å². The summed E-state index contributed by atoms with van der Waals surface area (Å²) >= 11 is 0. The number of benzene rings is 4. The van der Waals surface area contributed by atoms with Crippen molar-refractivity contribution in [3.63, 3.8) is 0 Å². The SMILES string of the molecule is CC(C)C(O)c1cncc(-c2nc(NCc3ccccn3)c3c(-c4ccccc4)cccc3n2)c1.O=Cc1cncc(-c2nc(NCc3ccccn3)c3c(-c4ccccc4)cccc3n2)c1. The van der Waals surface area contributed by atoms with E-state index in [1.54, 1.807) is 37.1 Å². The predicted molar refractivity (Wildman–Crippen MR) is 265 cm³/mol. The first kappa shape index (κ1) is 43.6. The van der Waals surface area contributed by atoms with Gasteiger partial charge < -0.3 is 15.7 Å². The zero-order chi connectivity index (χ0) is 46.0.